The summed E-state index contributed by atoms with van der Waals surface area (Å²) in [7, 11) is -8.44. The summed E-state index contributed by atoms with van der Waals surface area (Å²) in [6, 6.07) is 9.16. The number of primary amides is 1. The summed E-state index contributed by atoms with van der Waals surface area (Å²) in [6.07, 6.45) is -0.519. The molecule has 2 aromatic carbocycles. The van der Waals surface area contributed by atoms with Crippen molar-refractivity contribution in [3.8, 4) is 0 Å². The monoisotopic (exact) mass is 455 g/mol. The summed E-state index contributed by atoms with van der Waals surface area (Å²) in [6.45, 7) is 5.16. The summed E-state index contributed by atoms with van der Waals surface area (Å²) in [5.74, 6) is -1.28. The van der Waals surface area contributed by atoms with E-state index in [0.717, 1.165) is 24.5 Å². The molecule has 0 aliphatic rings. The Morgan fingerprint density at radius 2 is 1.43 bits per heavy atom. The van der Waals surface area contributed by atoms with Gasteiger partial charge in [0.1, 0.15) is 0 Å². The average Bonchev–Trinajstić information content (AvgIpc) is 2.64. The zero-order valence-corrected chi connectivity index (χ0v) is 18.3. The first-order valence-corrected chi connectivity index (χ1v) is 11.9. The van der Waals surface area contributed by atoms with Gasteiger partial charge >= 0.3 is 12.1 Å². The number of sulfone groups is 2. The van der Waals surface area contributed by atoms with Crippen molar-refractivity contribution < 1.29 is 36.2 Å². The molecule has 0 heterocycles. The Balaban J connectivity index is 2.89. The van der Waals surface area contributed by atoms with Crippen molar-refractivity contribution in [3.63, 3.8) is 0 Å². The van der Waals surface area contributed by atoms with Crippen LogP contribution in [-0.4, -0.2) is 35.2 Å². The largest absolute Gasteiger partial charge is 0.447 e. The Bertz CT molecular complexity index is 1210. The van der Waals surface area contributed by atoms with Gasteiger partial charge in [-0.15, -0.1) is 0 Å². The molecular weight excluding hydrogens is 434 g/mol. The minimum atomic E-state index is -4.53. The molecule has 0 radical (unpaired) electrons. The quantitative estimate of drug-likeness (QED) is 0.546. The maximum Gasteiger partial charge on any atom is 0.447 e. The zero-order valence-electron chi connectivity index (χ0n) is 16.7. The van der Waals surface area contributed by atoms with Crippen molar-refractivity contribution in [2.45, 2.75) is 40.9 Å². The van der Waals surface area contributed by atoms with Crippen molar-refractivity contribution in [3.05, 3.63) is 53.6 Å². The molecule has 0 unspecified atom stereocenters. The van der Waals surface area contributed by atoms with Crippen LogP contribution in [0.4, 0.5) is 4.79 Å². The van der Waals surface area contributed by atoms with Crippen LogP contribution in [0.25, 0.3) is 0 Å². The first-order chi connectivity index (χ1) is 13.7. The van der Waals surface area contributed by atoms with E-state index in [9.17, 15) is 26.4 Å². The highest BCUT2D eigenvalue weighted by Crippen LogP contribution is 2.37. The fourth-order valence-electron chi connectivity index (χ4n) is 2.79. The van der Waals surface area contributed by atoms with E-state index in [4.69, 9.17) is 5.73 Å². The van der Waals surface area contributed by atoms with E-state index in [-0.39, 0.29) is 5.56 Å². The predicted octanol–water partition coefficient (Wildman–Crippen LogP) is 2.39. The Labute approximate surface area is 174 Å². The third-order valence-corrected chi connectivity index (χ3v) is 7.25. The van der Waals surface area contributed by atoms with E-state index in [1.54, 1.807) is 20.8 Å². The molecule has 0 aliphatic carbocycles. The van der Waals surface area contributed by atoms with Crippen molar-refractivity contribution in [1.29, 1.82) is 0 Å². The molecule has 0 saturated heterocycles. The number of rotatable bonds is 4. The van der Waals surface area contributed by atoms with Crippen molar-refractivity contribution >= 4 is 31.7 Å². The lowest BCUT2D eigenvalue weighted by atomic mass is 9.86. The molecule has 162 valence electrons. The average molecular weight is 456 g/mol. The van der Waals surface area contributed by atoms with Crippen LogP contribution in [0.3, 0.4) is 0 Å². The first-order valence-electron chi connectivity index (χ1n) is 8.53. The molecule has 0 atom stereocenters. The van der Waals surface area contributed by atoms with E-state index in [1.807, 2.05) is 0 Å². The second kappa shape index (κ2) is 8.07. The lowest BCUT2D eigenvalue weighted by Gasteiger charge is -2.24. The molecule has 2 N–H and O–H groups in total. The number of hydrogen-bond donors (Lipinski definition) is 1. The van der Waals surface area contributed by atoms with Gasteiger partial charge in [-0.2, -0.15) is 0 Å². The Kier molecular flexibility index (Phi) is 6.29. The molecule has 2 aromatic rings. The lowest BCUT2D eigenvalue weighted by Crippen LogP contribution is -2.23. The molecule has 30 heavy (non-hydrogen) atoms. The van der Waals surface area contributed by atoms with Gasteiger partial charge in [0.15, 0.2) is 9.84 Å². The normalized spacial score (nSPS) is 12.3. The highest BCUT2D eigenvalue weighted by Gasteiger charge is 2.35. The number of nitrogens with two attached hydrogens (primary N) is 1. The predicted molar refractivity (Wildman–Crippen MR) is 106 cm³/mol. The molecule has 9 nitrogen and oxygen atoms in total. The van der Waals surface area contributed by atoms with Crippen molar-refractivity contribution in [1.82, 2.24) is 0 Å². The van der Waals surface area contributed by atoms with Crippen LogP contribution in [0.1, 0.15) is 36.7 Å². The van der Waals surface area contributed by atoms with Crippen LogP contribution in [0.15, 0.2) is 57.2 Å². The second-order valence-electron chi connectivity index (χ2n) is 7.43. The van der Waals surface area contributed by atoms with Crippen LogP contribution in [-0.2, 0) is 34.9 Å². The minimum Gasteiger partial charge on any atom is -0.332 e. The SMILES string of the molecule is CC(C)(C)c1cccc(C(=O)OOC(N)=O)c1S(=O)(=O)c1ccccc1S(C)(=O)=O. The van der Waals surface area contributed by atoms with Crippen LogP contribution >= 0.6 is 0 Å². The van der Waals surface area contributed by atoms with Gasteiger partial charge in [0.2, 0.25) is 9.84 Å². The maximum absolute atomic E-state index is 13.6. The highest BCUT2D eigenvalue weighted by atomic mass is 32.2. The lowest BCUT2D eigenvalue weighted by molar-refractivity contribution is -0.180. The molecule has 11 heteroatoms. The molecule has 0 saturated carbocycles. The summed E-state index contributed by atoms with van der Waals surface area (Å²) in [4.78, 5) is 30.2. The van der Waals surface area contributed by atoms with E-state index < -0.39 is 57.4 Å². The van der Waals surface area contributed by atoms with Crippen LogP contribution < -0.4 is 5.73 Å². The Morgan fingerprint density at radius 3 is 1.93 bits per heavy atom. The third-order valence-electron chi connectivity index (χ3n) is 4.05. The van der Waals surface area contributed by atoms with E-state index in [2.05, 4.69) is 9.78 Å². The summed E-state index contributed by atoms with van der Waals surface area (Å²) in [5, 5.41) is 0. The van der Waals surface area contributed by atoms with Gasteiger partial charge in [0, 0.05) is 6.26 Å². The first kappa shape index (κ1) is 23.4. The maximum atomic E-state index is 13.6. The molecule has 1 amide bonds. The van der Waals surface area contributed by atoms with Crippen LogP contribution in [0.5, 0.6) is 0 Å². The van der Waals surface area contributed by atoms with E-state index >= 15 is 0 Å². The van der Waals surface area contributed by atoms with Gasteiger partial charge in [-0.3, -0.25) is 0 Å². The van der Waals surface area contributed by atoms with Gasteiger partial charge in [-0.25, -0.2) is 36.2 Å². The van der Waals surface area contributed by atoms with Gasteiger partial charge in [0.05, 0.1) is 20.2 Å². The van der Waals surface area contributed by atoms with Crippen LogP contribution in [0.2, 0.25) is 0 Å². The zero-order chi connectivity index (χ0) is 22.9. The van der Waals surface area contributed by atoms with Crippen molar-refractivity contribution in [2.24, 2.45) is 5.73 Å². The minimum absolute atomic E-state index is 0.235. The Morgan fingerprint density at radius 1 is 0.867 bits per heavy atom. The van der Waals surface area contributed by atoms with E-state index in [1.165, 1.54) is 24.3 Å². The molecule has 0 aromatic heterocycles. The number of carbonyl (C=O) groups is 2. The van der Waals surface area contributed by atoms with E-state index in [0.29, 0.717) is 0 Å². The molecule has 0 fully saturated rings. The summed E-state index contributed by atoms with van der Waals surface area (Å²) >= 11 is 0. The van der Waals surface area contributed by atoms with Crippen LogP contribution in [0, 0.1) is 0 Å². The standard InChI is InChI=1S/C19H21NO8S2/c1-19(2,3)13-9-7-8-12(17(21)27-28-18(20)22)16(13)30(25,26)15-11-6-5-10-14(15)29(4,23)24/h5-11H,1-4H3,(H2,20,22). The second-order valence-corrected chi connectivity index (χ2v) is 11.3. The smallest absolute Gasteiger partial charge is 0.332 e. The third kappa shape index (κ3) is 4.79. The number of carbonyl (C=O) groups excluding carboxylic acids is 2. The summed E-state index contributed by atoms with van der Waals surface area (Å²) in [5.41, 5.74) is 3.81. The molecule has 0 aliphatic heterocycles. The fraction of sp³-hybridized carbons (Fsp3) is 0.263. The molecule has 2 rings (SSSR count). The fourth-order valence-corrected chi connectivity index (χ4v) is 6.25. The van der Waals surface area contributed by atoms with Crippen molar-refractivity contribution in [2.75, 3.05) is 6.26 Å². The number of hydrogen-bond acceptors (Lipinski definition) is 8. The molecule has 0 spiro atoms. The van der Waals surface area contributed by atoms with Gasteiger partial charge in [0.25, 0.3) is 0 Å². The highest BCUT2D eigenvalue weighted by molar-refractivity contribution is 7.94. The molecule has 0 bridgehead atoms. The van der Waals surface area contributed by atoms with Gasteiger partial charge in [-0.1, -0.05) is 45.0 Å². The van der Waals surface area contributed by atoms with Gasteiger partial charge in [-0.05, 0) is 29.2 Å². The summed E-state index contributed by atoms with van der Waals surface area (Å²) < 4.78 is 51.6. The number of amides is 1. The number of benzene rings is 2. The Hall–Kier alpha value is -2.92. The van der Waals surface area contributed by atoms with Gasteiger partial charge < -0.3 is 5.73 Å². The topological polar surface area (TPSA) is 147 Å². The molecular formula is C19H21NO8S2.